The molecular weight excluding hydrogens is 558 g/mol. The van der Waals surface area contributed by atoms with Crippen LogP contribution in [0, 0.1) is 6.92 Å². The normalized spacial score (nSPS) is 11.4. The number of rotatable bonds is 13. The predicted octanol–water partition coefficient (Wildman–Crippen LogP) is 5.49. The number of hydrogen-bond acceptors (Lipinski definition) is 8. The summed E-state index contributed by atoms with van der Waals surface area (Å²) in [6.45, 7) is 2.77. The standard InChI is InChI=1S/C35H33N3O6/c1-24-34(38-31-14-7-6-13-30(31)36-24)43-20-19-42-29-12-8-11-27(22-29)33(39)37-32(35(40)41-2)21-25-15-17-28(18-16-25)44-23-26-9-4-3-5-10-26/h3-18,22,32H,19-21,23H2,1-2H3,(H,37,39). The molecule has 9 heteroatoms. The van der Waals surface area contributed by atoms with Crippen molar-refractivity contribution in [3.05, 3.63) is 126 Å². The molecule has 1 N–H and O–H groups in total. The zero-order valence-electron chi connectivity index (χ0n) is 24.6. The van der Waals surface area contributed by atoms with Crippen LogP contribution in [0.2, 0.25) is 0 Å². The number of fused-ring (bicyclic) bond motifs is 1. The number of aryl methyl sites for hydroxylation is 1. The van der Waals surface area contributed by atoms with Crippen LogP contribution in [0.3, 0.4) is 0 Å². The van der Waals surface area contributed by atoms with Crippen LogP contribution in [0.5, 0.6) is 17.4 Å². The molecule has 0 aliphatic rings. The topological polar surface area (TPSA) is 109 Å². The molecule has 1 atom stereocenters. The first-order chi connectivity index (χ1) is 21.5. The lowest BCUT2D eigenvalue weighted by Crippen LogP contribution is -2.43. The first-order valence-electron chi connectivity index (χ1n) is 14.2. The molecule has 44 heavy (non-hydrogen) atoms. The Kier molecular flexibility index (Phi) is 9.99. The van der Waals surface area contributed by atoms with E-state index in [1.807, 2.05) is 85.8 Å². The minimum Gasteiger partial charge on any atom is -0.490 e. The quantitative estimate of drug-likeness (QED) is 0.142. The molecule has 0 fully saturated rings. The molecule has 0 radical (unpaired) electrons. The molecule has 1 unspecified atom stereocenters. The van der Waals surface area contributed by atoms with Gasteiger partial charge in [0.25, 0.3) is 5.91 Å². The average Bonchev–Trinajstić information content (AvgIpc) is 3.06. The van der Waals surface area contributed by atoms with E-state index in [0.29, 0.717) is 35.2 Å². The number of methoxy groups -OCH3 is 1. The van der Waals surface area contributed by atoms with Crippen LogP contribution < -0.4 is 19.5 Å². The maximum atomic E-state index is 13.1. The summed E-state index contributed by atoms with van der Waals surface area (Å²) in [5, 5.41) is 2.79. The summed E-state index contributed by atoms with van der Waals surface area (Å²) in [5.41, 5.74) is 4.51. The summed E-state index contributed by atoms with van der Waals surface area (Å²) in [4.78, 5) is 34.7. The third kappa shape index (κ3) is 8.10. The molecule has 5 rings (SSSR count). The maximum Gasteiger partial charge on any atom is 0.328 e. The second kappa shape index (κ2) is 14.6. The van der Waals surface area contributed by atoms with Gasteiger partial charge in [-0.05, 0) is 60.5 Å². The number of carbonyl (C=O) groups excluding carboxylic acids is 2. The summed E-state index contributed by atoms with van der Waals surface area (Å²) in [6.07, 6.45) is 0.252. The van der Waals surface area contributed by atoms with Gasteiger partial charge in [-0.2, -0.15) is 0 Å². The summed E-state index contributed by atoms with van der Waals surface area (Å²) >= 11 is 0. The third-order valence-electron chi connectivity index (χ3n) is 6.79. The number of benzene rings is 4. The molecule has 1 aromatic heterocycles. The van der Waals surface area contributed by atoms with Gasteiger partial charge in [-0.1, -0.05) is 60.7 Å². The van der Waals surface area contributed by atoms with E-state index >= 15 is 0 Å². The van der Waals surface area contributed by atoms with Gasteiger partial charge in [0, 0.05) is 12.0 Å². The second-order valence-corrected chi connectivity index (χ2v) is 10.00. The van der Waals surface area contributed by atoms with E-state index in [1.54, 1.807) is 24.3 Å². The van der Waals surface area contributed by atoms with E-state index in [9.17, 15) is 9.59 Å². The molecule has 0 saturated carbocycles. The van der Waals surface area contributed by atoms with Crippen molar-refractivity contribution in [1.82, 2.24) is 15.3 Å². The zero-order chi connectivity index (χ0) is 30.7. The molecular formula is C35H33N3O6. The number of nitrogens with one attached hydrogen (secondary N) is 1. The summed E-state index contributed by atoms with van der Waals surface area (Å²) < 4.78 is 22.4. The zero-order valence-corrected chi connectivity index (χ0v) is 24.6. The fourth-order valence-electron chi connectivity index (χ4n) is 4.51. The van der Waals surface area contributed by atoms with Crippen molar-refractivity contribution in [3.8, 4) is 17.4 Å². The van der Waals surface area contributed by atoms with Gasteiger partial charge >= 0.3 is 5.97 Å². The van der Waals surface area contributed by atoms with Crippen LogP contribution in [-0.2, 0) is 22.6 Å². The van der Waals surface area contributed by atoms with Crippen molar-refractivity contribution in [3.63, 3.8) is 0 Å². The van der Waals surface area contributed by atoms with Crippen LogP contribution in [0.25, 0.3) is 11.0 Å². The molecule has 224 valence electrons. The fraction of sp³-hybridized carbons (Fsp3) is 0.200. The Morgan fingerprint density at radius 2 is 1.43 bits per heavy atom. The lowest BCUT2D eigenvalue weighted by molar-refractivity contribution is -0.142. The molecule has 4 aromatic carbocycles. The van der Waals surface area contributed by atoms with Gasteiger partial charge in [0.05, 0.1) is 18.1 Å². The SMILES string of the molecule is COC(=O)C(Cc1ccc(OCc2ccccc2)cc1)NC(=O)c1cccc(OCCOc2nc3ccccc3nc2C)c1. The first kappa shape index (κ1) is 30.0. The van der Waals surface area contributed by atoms with Gasteiger partial charge in [0.2, 0.25) is 5.88 Å². The molecule has 0 saturated heterocycles. The van der Waals surface area contributed by atoms with Crippen molar-refractivity contribution in [2.45, 2.75) is 26.0 Å². The summed E-state index contributed by atoms with van der Waals surface area (Å²) in [5.74, 6) is 0.678. The van der Waals surface area contributed by atoms with Gasteiger partial charge in [-0.25, -0.2) is 14.8 Å². The van der Waals surface area contributed by atoms with Crippen molar-refractivity contribution in [2.75, 3.05) is 20.3 Å². The van der Waals surface area contributed by atoms with Gasteiger partial charge in [0.1, 0.15) is 43.1 Å². The fourth-order valence-corrected chi connectivity index (χ4v) is 4.51. The van der Waals surface area contributed by atoms with Gasteiger partial charge < -0.3 is 24.3 Å². The Labute approximate surface area is 255 Å². The van der Waals surface area contributed by atoms with Crippen LogP contribution in [0.4, 0.5) is 0 Å². The van der Waals surface area contributed by atoms with Crippen LogP contribution in [0.15, 0.2) is 103 Å². The van der Waals surface area contributed by atoms with Crippen LogP contribution in [0.1, 0.15) is 27.2 Å². The highest BCUT2D eigenvalue weighted by molar-refractivity contribution is 5.97. The van der Waals surface area contributed by atoms with Gasteiger partial charge in [-0.15, -0.1) is 0 Å². The molecule has 0 spiro atoms. The van der Waals surface area contributed by atoms with E-state index in [-0.39, 0.29) is 19.6 Å². The van der Waals surface area contributed by atoms with E-state index in [1.165, 1.54) is 7.11 Å². The Hall–Kier alpha value is -5.44. The van der Waals surface area contributed by atoms with E-state index in [2.05, 4.69) is 15.3 Å². The number of esters is 1. The van der Waals surface area contributed by atoms with Crippen molar-refractivity contribution < 1.29 is 28.5 Å². The van der Waals surface area contributed by atoms with Crippen LogP contribution in [-0.4, -0.2) is 48.2 Å². The number of carbonyl (C=O) groups is 2. The Bertz CT molecular complexity index is 1710. The lowest BCUT2D eigenvalue weighted by Gasteiger charge is -2.17. The van der Waals surface area contributed by atoms with Crippen LogP contribution >= 0.6 is 0 Å². The first-order valence-corrected chi connectivity index (χ1v) is 14.2. The Morgan fingerprint density at radius 1 is 0.727 bits per heavy atom. The monoisotopic (exact) mass is 591 g/mol. The maximum absolute atomic E-state index is 13.1. The lowest BCUT2D eigenvalue weighted by atomic mass is 10.0. The molecule has 0 aliphatic carbocycles. The highest BCUT2D eigenvalue weighted by atomic mass is 16.5. The van der Waals surface area contributed by atoms with Gasteiger partial charge in [-0.3, -0.25) is 4.79 Å². The smallest absolute Gasteiger partial charge is 0.328 e. The number of nitrogens with zero attached hydrogens (tertiary/aromatic N) is 2. The molecule has 0 bridgehead atoms. The average molecular weight is 592 g/mol. The van der Waals surface area contributed by atoms with Gasteiger partial charge in [0.15, 0.2) is 0 Å². The predicted molar refractivity (Wildman–Crippen MR) is 166 cm³/mol. The minimum absolute atomic E-state index is 0.231. The molecule has 1 amide bonds. The summed E-state index contributed by atoms with van der Waals surface area (Å²) in [6, 6.07) is 30.7. The van der Waals surface area contributed by atoms with E-state index in [0.717, 1.165) is 22.2 Å². The number of amides is 1. The highest BCUT2D eigenvalue weighted by Gasteiger charge is 2.23. The number of hydrogen-bond donors (Lipinski definition) is 1. The third-order valence-corrected chi connectivity index (χ3v) is 6.79. The molecule has 1 heterocycles. The molecule has 9 nitrogen and oxygen atoms in total. The van der Waals surface area contributed by atoms with E-state index < -0.39 is 17.9 Å². The second-order valence-electron chi connectivity index (χ2n) is 10.00. The largest absolute Gasteiger partial charge is 0.490 e. The Morgan fingerprint density at radius 3 is 2.18 bits per heavy atom. The number of aromatic nitrogens is 2. The minimum atomic E-state index is -0.882. The highest BCUT2D eigenvalue weighted by Crippen LogP contribution is 2.19. The Balaban J connectivity index is 1.14. The van der Waals surface area contributed by atoms with Crippen molar-refractivity contribution in [2.24, 2.45) is 0 Å². The molecule has 5 aromatic rings. The number of ether oxygens (including phenoxy) is 4. The number of para-hydroxylation sites is 2. The van der Waals surface area contributed by atoms with Crippen molar-refractivity contribution in [1.29, 1.82) is 0 Å². The molecule has 0 aliphatic heterocycles. The summed E-state index contributed by atoms with van der Waals surface area (Å²) in [7, 11) is 1.30. The van der Waals surface area contributed by atoms with Crippen molar-refractivity contribution >= 4 is 22.9 Å². The van der Waals surface area contributed by atoms with E-state index in [4.69, 9.17) is 18.9 Å².